The highest BCUT2D eigenvalue weighted by atomic mass is 16.1. The Morgan fingerprint density at radius 3 is 2.91 bits per heavy atom. The highest BCUT2D eigenvalue weighted by molar-refractivity contribution is 5.76. The van der Waals surface area contributed by atoms with Crippen LogP contribution in [0.1, 0.15) is 29.8 Å². The Morgan fingerprint density at radius 1 is 1.43 bits per heavy atom. The Morgan fingerprint density at radius 2 is 2.22 bits per heavy atom. The summed E-state index contributed by atoms with van der Waals surface area (Å²) >= 11 is 0. The number of rotatable bonds is 7. The second-order valence-electron chi connectivity index (χ2n) is 5.21. The van der Waals surface area contributed by atoms with Gasteiger partial charge in [-0.1, -0.05) is 0 Å². The molecule has 4 N–H and O–H groups in total. The van der Waals surface area contributed by atoms with Crippen LogP contribution in [0.3, 0.4) is 0 Å². The smallest absolute Gasteiger partial charge is 0.271 e. The van der Waals surface area contributed by atoms with Gasteiger partial charge in [-0.15, -0.1) is 10.2 Å². The molecule has 2 aromatic heterocycles. The minimum Gasteiger partial charge on any atom is -0.356 e. The predicted molar refractivity (Wildman–Crippen MR) is 84.3 cm³/mol. The molecular formula is C14H21N7O2. The number of H-pyrrole nitrogens is 1. The zero-order valence-corrected chi connectivity index (χ0v) is 13.3. The van der Waals surface area contributed by atoms with Gasteiger partial charge in [-0.05, 0) is 38.8 Å². The second kappa shape index (κ2) is 7.63. The number of nitrogens with zero attached hydrogens (tertiary/aromatic N) is 4. The Balaban J connectivity index is 2.09. The van der Waals surface area contributed by atoms with E-state index >= 15 is 0 Å². The van der Waals surface area contributed by atoms with Gasteiger partial charge >= 0.3 is 0 Å². The molecule has 0 radical (unpaired) electrons. The number of nitrogens with one attached hydrogen (secondary N) is 2. The van der Waals surface area contributed by atoms with Crippen molar-refractivity contribution in [3.8, 4) is 5.95 Å². The molecule has 0 saturated carbocycles. The summed E-state index contributed by atoms with van der Waals surface area (Å²) < 4.78 is 1.53. The molecule has 2 heterocycles. The number of aromatic nitrogens is 5. The Labute approximate surface area is 133 Å². The maximum absolute atomic E-state index is 11.8. The SMILES string of the molecule is Cc1nn(-c2nncc(=O)[nH]2)c(C)c1CCC(=O)NCCCN. The van der Waals surface area contributed by atoms with E-state index in [1.807, 2.05) is 13.8 Å². The molecule has 1 amide bonds. The number of hydrogen-bond donors (Lipinski definition) is 3. The third-order valence-electron chi connectivity index (χ3n) is 3.51. The average Bonchev–Trinajstić information content (AvgIpc) is 2.80. The summed E-state index contributed by atoms with van der Waals surface area (Å²) in [6.07, 6.45) is 2.80. The van der Waals surface area contributed by atoms with Crippen LogP contribution in [0.4, 0.5) is 0 Å². The van der Waals surface area contributed by atoms with Gasteiger partial charge in [0.25, 0.3) is 11.5 Å². The number of hydrogen-bond acceptors (Lipinski definition) is 6. The summed E-state index contributed by atoms with van der Waals surface area (Å²) in [4.78, 5) is 25.7. The highest BCUT2D eigenvalue weighted by Crippen LogP contribution is 2.16. The fourth-order valence-corrected chi connectivity index (χ4v) is 2.30. The van der Waals surface area contributed by atoms with E-state index in [0.29, 0.717) is 25.9 Å². The number of carbonyl (C=O) groups excluding carboxylic acids is 1. The van der Waals surface area contributed by atoms with Crippen LogP contribution < -0.4 is 16.6 Å². The third-order valence-corrected chi connectivity index (χ3v) is 3.51. The van der Waals surface area contributed by atoms with Crippen molar-refractivity contribution in [1.29, 1.82) is 0 Å². The number of nitrogens with two attached hydrogens (primary N) is 1. The molecule has 0 bridgehead atoms. The van der Waals surface area contributed by atoms with Gasteiger partial charge < -0.3 is 11.1 Å². The van der Waals surface area contributed by atoms with E-state index in [2.05, 4.69) is 25.6 Å². The molecule has 0 saturated heterocycles. The molecule has 0 atom stereocenters. The standard InChI is InChI=1S/C14H21N7O2/c1-9-11(4-5-12(22)16-7-3-6-15)10(2)21(20-9)14-18-13(23)8-17-19-14/h8H,3-7,15H2,1-2H3,(H,16,22)(H,18,19,23). The summed E-state index contributed by atoms with van der Waals surface area (Å²) in [6.45, 7) is 4.88. The fourth-order valence-electron chi connectivity index (χ4n) is 2.30. The van der Waals surface area contributed by atoms with Crippen molar-refractivity contribution in [2.75, 3.05) is 13.1 Å². The van der Waals surface area contributed by atoms with Crippen molar-refractivity contribution >= 4 is 5.91 Å². The Bertz CT molecular complexity index is 735. The first-order chi connectivity index (χ1) is 11.0. The van der Waals surface area contributed by atoms with Crippen LogP contribution in [0, 0.1) is 13.8 Å². The number of carbonyl (C=O) groups is 1. The van der Waals surface area contributed by atoms with Crippen LogP contribution >= 0.6 is 0 Å². The summed E-state index contributed by atoms with van der Waals surface area (Å²) in [5, 5.41) is 14.7. The van der Waals surface area contributed by atoms with Gasteiger partial charge in [0.2, 0.25) is 5.91 Å². The quantitative estimate of drug-likeness (QED) is 0.582. The van der Waals surface area contributed by atoms with Crippen LogP contribution in [-0.4, -0.2) is 44.0 Å². The van der Waals surface area contributed by atoms with Crippen molar-refractivity contribution < 1.29 is 4.79 Å². The first-order valence-electron chi connectivity index (χ1n) is 7.47. The van der Waals surface area contributed by atoms with Crippen LogP contribution in [-0.2, 0) is 11.2 Å². The van der Waals surface area contributed by atoms with Gasteiger partial charge in [-0.2, -0.15) is 5.10 Å². The zero-order chi connectivity index (χ0) is 16.8. The second-order valence-corrected chi connectivity index (χ2v) is 5.21. The molecule has 23 heavy (non-hydrogen) atoms. The van der Waals surface area contributed by atoms with E-state index in [-0.39, 0.29) is 17.4 Å². The topological polar surface area (TPSA) is 132 Å². The minimum atomic E-state index is -0.344. The van der Waals surface area contributed by atoms with Crippen molar-refractivity contribution in [1.82, 2.24) is 30.3 Å². The van der Waals surface area contributed by atoms with E-state index in [1.165, 1.54) is 4.68 Å². The molecule has 0 spiro atoms. The molecule has 0 aliphatic carbocycles. The van der Waals surface area contributed by atoms with Gasteiger partial charge in [0, 0.05) is 18.7 Å². The van der Waals surface area contributed by atoms with Gasteiger partial charge in [-0.25, -0.2) is 4.68 Å². The largest absolute Gasteiger partial charge is 0.356 e. The monoisotopic (exact) mass is 319 g/mol. The van der Waals surface area contributed by atoms with Crippen molar-refractivity contribution in [3.63, 3.8) is 0 Å². The summed E-state index contributed by atoms with van der Waals surface area (Å²) in [7, 11) is 0. The molecule has 9 nitrogen and oxygen atoms in total. The van der Waals surface area contributed by atoms with E-state index in [0.717, 1.165) is 29.6 Å². The lowest BCUT2D eigenvalue weighted by Crippen LogP contribution is -2.26. The Kier molecular flexibility index (Phi) is 5.58. The molecular weight excluding hydrogens is 298 g/mol. The molecule has 2 rings (SSSR count). The van der Waals surface area contributed by atoms with Crippen molar-refractivity contribution in [3.05, 3.63) is 33.5 Å². The summed E-state index contributed by atoms with van der Waals surface area (Å²) in [5.74, 6) is 0.245. The summed E-state index contributed by atoms with van der Waals surface area (Å²) in [5.41, 5.74) is 7.63. The normalized spacial score (nSPS) is 10.7. The van der Waals surface area contributed by atoms with Gasteiger partial charge in [0.1, 0.15) is 6.20 Å². The molecule has 0 aliphatic rings. The van der Waals surface area contributed by atoms with E-state index in [9.17, 15) is 9.59 Å². The predicted octanol–water partition coefficient (Wildman–Crippen LogP) is -0.635. The van der Waals surface area contributed by atoms with Crippen LogP contribution in [0.5, 0.6) is 0 Å². The minimum absolute atomic E-state index is 0.0158. The lowest BCUT2D eigenvalue weighted by atomic mass is 10.1. The van der Waals surface area contributed by atoms with E-state index in [1.54, 1.807) is 0 Å². The lowest BCUT2D eigenvalue weighted by molar-refractivity contribution is -0.121. The fraction of sp³-hybridized carbons (Fsp3) is 0.500. The molecule has 124 valence electrons. The van der Waals surface area contributed by atoms with Crippen LogP contribution in [0.2, 0.25) is 0 Å². The van der Waals surface area contributed by atoms with Gasteiger partial charge in [-0.3, -0.25) is 14.6 Å². The molecule has 0 unspecified atom stereocenters. The van der Waals surface area contributed by atoms with Crippen LogP contribution in [0.15, 0.2) is 11.0 Å². The molecule has 2 aromatic rings. The number of aryl methyl sites for hydroxylation is 1. The van der Waals surface area contributed by atoms with Crippen molar-refractivity contribution in [2.45, 2.75) is 33.1 Å². The zero-order valence-electron chi connectivity index (χ0n) is 13.3. The molecule has 0 aliphatic heterocycles. The van der Waals surface area contributed by atoms with E-state index < -0.39 is 0 Å². The third kappa shape index (κ3) is 4.22. The lowest BCUT2D eigenvalue weighted by Gasteiger charge is -2.05. The molecule has 0 fully saturated rings. The van der Waals surface area contributed by atoms with Gasteiger partial charge in [0.05, 0.1) is 5.69 Å². The van der Waals surface area contributed by atoms with E-state index in [4.69, 9.17) is 5.73 Å². The first kappa shape index (κ1) is 16.8. The Hall–Kier alpha value is -2.55. The average molecular weight is 319 g/mol. The summed E-state index contributed by atoms with van der Waals surface area (Å²) in [6, 6.07) is 0. The van der Waals surface area contributed by atoms with Gasteiger partial charge in [0.15, 0.2) is 0 Å². The van der Waals surface area contributed by atoms with Crippen molar-refractivity contribution in [2.24, 2.45) is 5.73 Å². The van der Waals surface area contributed by atoms with Crippen LogP contribution in [0.25, 0.3) is 5.95 Å². The molecule has 9 heteroatoms. The maximum atomic E-state index is 11.8. The molecule has 0 aromatic carbocycles. The highest BCUT2D eigenvalue weighted by Gasteiger charge is 2.15. The maximum Gasteiger partial charge on any atom is 0.271 e. The first-order valence-corrected chi connectivity index (χ1v) is 7.47. The number of aromatic amines is 1. The number of amides is 1.